The number of hydrogen-bond acceptors (Lipinski definition) is 5. The quantitative estimate of drug-likeness (QED) is 0.761. The smallest absolute Gasteiger partial charge is 0.256 e. The minimum Gasteiger partial charge on any atom is -0.454 e. The number of nitrogens with one attached hydrogen (secondary N) is 1. The van der Waals surface area contributed by atoms with Gasteiger partial charge in [-0.05, 0) is 55.7 Å². The number of anilines is 1. The fourth-order valence-electron chi connectivity index (χ4n) is 5.99. The molecule has 2 aromatic rings. The first-order chi connectivity index (χ1) is 16.1. The number of nitrogens with zero attached hydrogens (tertiary/aromatic N) is 3. The molecule has 33 heavy (non-hydrogen) atoms. The zero-order valence-corrected chi connectivity index (χ0v) is 18.8. The Hall–Kier alpha value is -3.03. The highest BCUT2D eigenvalue weighted by molar-refractivity contribution is 6.04. The molecule has 2 amide bonds. The van der Waals surface area contributed by atoms with Crippen molar-refractivity contribution in [3.63, 3.8) is 0 Å². The van der Waals surface area contributed by atoms with Crippen molar-refractivity contribution in [2.45, 2.75) is 57.4 Å². The lowest BCUT2D eigenvalue weighted by Gasteiger charge is -2.34. The molecule has 2 aliphatic heterocycles. The number of fused-ring (bicyclic) bond motifs is 1. The second-order valence-corrected chi connectivity index (χ2v) is 9.92. The average Bonchev–Trinajstić information content (AvgIpc) is 3.19. The van der Waals surface area contributed by atoms with Crippen LogP contribution in [-0.4, -0.2) is 46.4 Å². The van der Waals surface area contributed by atoms with Crippen molar-refractivity contribution in [1.82, 2.24) is 14.7 Å². The molecule has 3 fully saturated rings. The Kier molecular flexibility index (Phi) is 5.03. The maximum absolute atomic E-state index is 13.1. The minimum atomic E-state index is -0.214. The lowest BCUT2D eigenvalue weighted by atomic mass is 9.84. The van der Waals surface area contributed by atoms with Gasteiger partial charge in [0, 0.05) is 30.6 Å². The van der Waals surface area contributed by atoms with Crippen LogP contribution in [0.1, 0.15) is 67.8 Å². The summed E-state index contributed by atoms with van der Waals surface area (Å²) < 4.78 is 12.6. The summed E-state index contributed by atoms with van der Waals surface area (Å²) in [7, 11) is 0. The maximum atomic E-state index is 13.1. The molecule has 2 aliphatic carbocycles. The molecular formula is C25H30N4O4. The van der Waals surface area contributed by atoms with Gasteiger partial charge in [0.2, 0.25) is 12.7 Å². The highest BCUT2D eigenvalue weighted by atomic mass is 16.7. The predicted octanol–water partition coefficient (Wildman–Crippen LogP) is 4.00. The van der Waals surface area contributed by atoms with Crippen molar-refractivity contribution in [3.05, 3.63) is 36.0 Å². The van der Waals surface area contributed by atoms with Gasteiger partial charge in [0.25, 0.3) is 5.91 Å². The van der Waals surface area contributed by atoms with Crippen LogP contribution in [0.4, 0.5) is 5.82 Å². The van der Waals surface area contributed by atoms with Gasteiger partial charge in [-0.1, -0.05) is 19.3 Å². The van der Waals surface area contributed by atoms with E-state index < -0.39 is 0 Å². The number of carbonyl (C=O) groups is 2. The molecule has 1 spiro atoms. The van der Waals surface area contributed by atoms with Crippen molar-refractivity contribution in [3.8, 4) is 11.5 Å². The Bertz CT molecular complexity index is 1070. The molecule has 8 heteroatoms. The second kappa shape index (κ2) is 8.08. The lowest BCUT2D eigenvalue weighted by Crippen LogP contribution is -2.41. The van der Waals surface area contributed by atoms with E-state index in [1.54, 1.807) is 24.4 Å². The van der Waals surface area contributed by atoms with Gasteiger partial charge < -0.3 is 19.7 Å². The third kappa shape index (κ3) is 3.75. The topological polar surface area (TPSA) is 85.7 Å². The average molecular weight is 451 g/mol. The molecule has 2 saturated carbocycles. The van der Waals surface area contributed by atoms with Crippen LogP contribution in [-0.2, 0) is 4.79 Å². The normalized spacial score (nSPS) is 23.5. The van der Waals surface area contributed by atoms with Gasteiger partial charge in [-0.25, -0.2) is 4.68 Å². The van der Waals surface area contributed by atoms with Crippen molar-refractivity contribution >= 4 is 17.6 Å². The van der Waals surface area contributed by atoms with E-state index in [4.69, 9.17) is 9.47 Å². The summed E-state index contributed by atoms with van der Waals surface area (Å²) in [4.78, 5) is 28.0. The molecule has 6 rings (SSSR count). The molecule has 1 atom stereocenters. The Labute approximate surface area is 193 Å². The van der Waals surface area contributed by atoms with E-state index in [1.165, 1.54) is 32.1 Å². The monoisotopic (exact) mass is 450 g/mol. The zero-order valence-electron chi connectivity index (χ0n) is 18.8. The number of piperidine rings is 1. The number of amides is 2. The van der Waals surface area contributed by atoms with Gasteiger partial charge in [0.1, 0.15) is 5.82 Å². The summed E-state index contributed by atoms with van der Waals surface area (Å²) in [6, 6.07) is 7.15. The summed E-state index contributed by atoms with van der Waals surface area (Å²) in [5.74, 6) is 2.32. The van der Waals surface area contributed by atoms with Crippen molar-refractivity contribution in [2.75, 3.05) is 25.2 Å². The molecule has 3 heterocycles. The molecule has 4 aliphatic rings. The number of ether oxygens (including phenoxy) is 2. The molecule has 174 valence electrons. The van der Waals surface area contributed by atoms with E-state index in [0.29, 0.717) is 34.2 Å². The number of rotatable bonds is 4. The van der Waals surface area contributed by atoms with Crippen LogP contribution in [0.25, 0.3) is 0 Å². The van der Waals surface area contributed by atoms with E-state index in [1.807, 2.05) is 10.7 Å². The first-order valence-electron chi connectivity index (χ1n) is 12.2. The Morgan fingerprint density at radius 1 is 1.03 bits per heavy atom. The summed E-state index contributed by atoms with van der Waals surface area (Å²) in [5, 5.41) is 7.46. The Morgan fingerprint density at radius 3 is 2.64 bits per heavy atom. The van der Waals surface area contributed by atoms with Crippen LogP contribution in [0.2, 0.25) is 0 Å². The molecule has 0 radical (unpaired) electrons. The highest BCUT2D eigenvalue weighted by Crippen LogP contribution is 2.62. The molecular weight excluding hydrogens is 420 g/mol. The fraction of sp³-hybridized carbons (Fsp3) is 0.560. The molecule has 1 aromatic carbocycles. The van der Waals surface area contributed by atoms with Gasteiger partial charge >= 0.3 is 0 Å². The molecule has 8 nitrogen and oxygen atoms in total. The fourth-order valence-corrected chi connectivity index (χ4v) is 5.99. The molecule has 1 saturated heterocycles. The molecule has 1 aromatic heterocycles. The van der Waals surface area contributed by atoms with Crippen molar-refractivity contribution in [1.29, 1.82) is 0 Å². The Balaban J connectivity index is 1.07. The lowest BCUT2D eigenvalue weighted by molar-refractivity contribution is -0.135. The van der Waals surface area contributed by atoms with Gasteiger partial charge in [-0.2, -0.15) is 5.10 Å². The van der Waals surface area contributed by atoms with Crippen LogP contribution >= 0.6 is 0 Å². The third-order valence-electron chi connectivity index (χ3n) is 8.01. The highest BCUT2D eigenvalue weighted by Gasteiger charge is 2.58. The number of aromatic nitrogens is 2. The minimum absolute atomic E-state index is 0.166. The first kappa shape index (κ1) is 20.6. The number of benzene rings is 1. The van der Waals surface area contributed by atoms with Crippen molar-refractivity contribution < 1.29 is 19.1 Å². The van der Waals surface area contributed by atoms with Crippen LogP contribution in [0.15, 0.2) is 30.5 Å². The van der Waals surface area contributed by atoms with Crippen molar-refractivity contribution in [2.24, 2.45) is 11.3 Å². The first-order valence-corrected chi connectivity index (χ1v) is 12.2. The Morgan fingerprint density at radius 2 is 1.82 bits per heavy atom. The van der Waals surface area contributed by atoms with E-state index in [0.717, 1.165) is 32.4 Å². The second-order valence-electron chi connectivity index (χ2n) is 9.92. The standard InChI is InChI=1S/C25H30N4O4/c30-23(17-4-5-20-21(14-17)33-16-32-20)27-22-6-11-26-29(22)18-7-12-28(13-8-18)24(31)19-15-25(19)9-2-1-3-10-25/h4-6,11,14,18-19H,1-3,7-10,12-13,15-16H2,(H,27,30). The zero-order chi connectivity index (χ0) is 22.4. The van der Waals surface area contributed by atoms with Crippen LogP contribution in [0.3, 0.4) is 0 Å². The van der Waals surface area contributed by atoms with Crippen LogP contribution in [0.5, 0.6) is 11.5 Å². The number of carbonyl (C=O) groups excluding carboxylic acids is 2. The van der Waals surface area contributed by atoms with Gasteiger partial charge in [-0.3, -0.25) is 9.59 Å². The number of hydrogen-bond donors (Lipinski definition) is 1. The van der Waals surface area contributed by atoms with E-state index in [9.17, 15) is 9.59 Å². The van der Waals surface area contributed by atoms with Crippen LogP contribution in [0, 0.1) is 11.3 Å². The predicted molar refractivity (Wildman–Crippen MR) is 121 cm³/mol. The maximum Gasteiger partial charge on any atom is 0.256 e. The molecule has 0 bridgehead atoms. The van der Waals surface area contributed by atoms with Crippen LogP contribution < -0.4 is 14.8 Å². The SMILES string of the molecule is O=C(Nc1ccnn1C1CCN(C(=O)C2CC23CCCCC3)CC1)c1ccc2c(c1)OCO2. The summed E-state index contributed by atoms with van der Waals surface area (Å²) >= 11 is 0. The summed E-state index contributed by atoms with van der Waals surface area (Å²) in [5.41, 5.74) is 0.842. The van der Waals surface area contributed by atoms with E-state index in [-0.39, 0.29) is 24.7 Å². The van der Waals surface area contributed by atoms with E-state index >= 15 is 0 Å². The largest absolute Gasteiger partial charge is 0.454 e. The van der Waals surface area contributed by atoms with Gasteiger partial charge in [0.15, 0.2) is 11.5 Å². The third-order valence-corrected chi connectivity index (χ3v) is 8.01. The van der Waals surface area contributed by atoms with Gasteiger partial charge in [-0.15, -0.1) is 0 Å². The number of likely N-dealkylation sites (tertiary alicyclic amines) is 1. The molecule has 1 N–H and O–H groups in total. The summed E-state index contributed by atoms with van der Waals surface area (Å²) in [6.07, 6.45) is 10.9. The summed E-state index contributed by atoms with van der Waals surface area (Å²) in [6.45, 7) is 1.69. The van der Waals surface area contributed by atoms with E-state index in [2.05, 4.69) is 15.3 Å². The molecule has 1 unspecified atom stereocenters. The van der Waals surface area contributed by atoms with Gasteiger partial charge in [0.05, 0.1) is 12.2 Å².